The molecule has 1 aromatic carbocycles. The van der Waals surface area contributed by atoms with Crippen molar-refractivity contribution < 1.29 is 14.3 Å². The molecular weight excluding hydrogens is 414 g/mol. The van der Waals surface area contributed by atoms with Crippen LogP contribution in [0.2, 0.25) is 5.02 Å². The largest absolute Gasteiger partial charge is 0.489 e. The zero-order chi connectivity index (χ0) is 22.8. The predicted molar refractivity (Wildman–Crippen MR) is 118 cm³/mol. The fraction of sp³-hybridized carbons (Fsp3) is 0.417. The molecule has 0 bridgehead atoms. The van der Waals surface area contributed by atoms with E-state index in [2.05, 4.69) is 38.0 Å². The van der Waals surface area contributed by atoms with Gasteiger partial charge in [-0.05, 0) is 30.7 Å². The van der Waals surface area contributed by atoms with Crippen molar-refractivity contribution in [2.75, 3.05) is 0 Å². The average molecular weight is 440 g/mol. The summed E-state index contributed by atoms with van der Waals surface area (Å²) in [6.07, 6.45) is 3.20. The Kier molecular flexibility index (Phi) is 6.38. The van der Waals surface area contributed by atoms with Crippen LogP contribution in [0.25, 0.3) is 0 Å². The van der Waals surface area contributed by atoms with Crippen molar-refractivity contribution >= 4 is 23.8 Å². The monoisotopic (exact) mass is 439 g/mol. The molecule has 1 saturated carbocycles. The summed E-state index contributed by atoms with van der Waals surface area (Å²) in [7, 11) is 0. The number of nitrogens with one attached hydrogen (secondary N) is 1. The molecular formula is C24H26ClN3O3. The number of ether oxygens (including phenoxy) is 1. The number of hydrogen-bond donors (Lipinski definition) is 1. The van der Waals surface area contributed by atoms with Crippen molar-refractivity contribution in [3.8, 4) is 11.8 Å². The lowest BCUT2D eigenvalue weighted by Crippen LogP contribution is -2.74. The molecule has 1 amide bonds. The van der Waals surface area contributed by atoms with Crippen molar-refractivity contribution in [3.05, 3.63) is 58.4 Å². The second kappa shape index (κ2) is 8.68. The van der Waals surface area contributed by atoms with E-state index in [4.69, 9.17) is 21.6 Å². The van der Waals surface area contributed by atoms with E-state index in [1.54, 1.807) is 36.5 Å². The van der Waals surface area contributed by atoms with Gasteiger partial charge in [-0.25, -0.2) is 0 Å². The normalized spacial score (nSPS) is 20.8. The zero-order valence-corrected chi connectivity index (χ0v) is 18.9. The summed E-state index contributed by atoms with van der Waals surface area (Å²) in [5.41, 5.74) is 0.984. The quantitative estimate of drug-likeness (QED) is 0.647. The van der Waals surface area contributed by atoms with Crippen LogP contribution >= 0.6 is 11.6 Å². The van der Waals surface area contributed by atoms with Crippen molar-refractivity contribution in [2.24, 2.45) is 10.8 Å². The first-order valence-corrected chi connectivity index (χ1v) is 10.5. The van der Waals surface area contributed by atoms with Gasteiger partial charge in [0.25, 0.3) is 5.91 Å². The highest BCUT2D eigenvalue weighted by Gasteiger charge is 2.64. The molecule has 2 aromatic rings. The fourth-order valence-corrected chi connectivity index (χ4v) is 4.94. The molecule has 0 saturated heterocycles. The minimum Gasteiger partial charge on any atom is -0.489 e. The molecule has 3 rings (SSSR count). The fourth-order valence-electron chi connectivity index (χ4n) is 4.72. The number of carbonyl (C=O) groups excluding carboxylic acids is 2. The average Bonchev–Trinajstić information content (AvgIpc) is 2.74. The van der Waals surface area contributed by atoms with E-state index in [-0.39, 0.29) is 28.9 Å². The van der Waals surface area contributed by atoms with Gasteiger partial charge in [-0.15, -0.1) is 0 Å². The van der Waals surface area contributed by atoms with Gasteiger partial charge in [0, 0.05) is 41.2 Å². The summed E-state index contributed by atoms with van der Waals surface area (Å²) in [6.45, 7) is 8.22. The molecule has 1 aliphatic rings. The molecule has 6 nitrogen and oxygen atoms in total. The van der Waals surface area contributed by atoms with E-state index >= 15 is 0 Å². The van der Waals surface area contributed by atoms with Crippen molar-refractivity contribution in [2.45, 2.75) is 52.7 Å². The molecule has 162 valence electrons. The van der Waals surface area contributed by atoms with Crippen molar-refractivity contribution in [1.82, 2.24) is 10.3 Å². The van der Waals surface area contributed by atoms with Crippen molar-refractivity contribution in [3.63, 3.8) is 0 Å². The number of carbonyl (C=O) groups is 2. The van der Waals surface area contributed by atoms with Gasteiger partial charge in [0.15, 0.2) is 0 Å². The lowest BCUT2D eigenvalue weighted by molar-refractivity contribution is -0.164. The van der Waals surface area contributed by atoms with E-state index in [1.807, 2.05) is 6.07 Å². The number of aryl methyl sites for hydroxylation is 1. The second-order valence-electron chi connectivity index (χ2n) is 9.04. The molecule has 0 aliphatic heterocycles. The number of hydrogen-bond acceptors (Lipinski definition) is 5. The second-order valence-corrected chi connectivity index (χ2v) is 9.45. The van der Waals surface area contributed by atoms with Gasteiger partial charge < -0.3 is 14.8 Å². The topological polar surface area (TPSA) is 92.1 Å². The summed E-state index contributed by atoms with van der Waals surface area (Å²) in [5.74, 6) is 0.399. The van der Waals surface area contributed by atoms with Crippen LogP contribution in [-0.4, -0.2) is 29.3 Å². The lowest BCUT2D eigenvalue weighted by Gasteiger charge is -2.63. The first-order valence-electron chi connectivity index (χ1n) is 10.2. The standard InChI is InChI=1S/C24H26ClN3O3/c1-23(2)21(28-20(30)16-7-9-17(27-14-16)6-5-11-29)24(3,4)22(23)31-18-10-8-15(13-26)19(25)12-18/h7-12,14,21-22H,5-6H2,1-4H3,(H,28,30)/t21-,22-. The highest BCUT2D eigenvalue weighted by atomic mass is 35.5. The van der Waals surface area contributed by atoms with E-state index in [9.17, 15) is 9.59 Å². The third kappa shape index (κ3) is 4.42. The Morgan fingerprint density at radius 1 is 1.26 bits per heavy atom. The maximum atomic E-state index is 12.8. The Hall–Kier alpha value is -2.91. The maximum Gasteiger partial charge on any atom is 0.253 e. The minimum absolute atomic E-state index is 0.124. The molecule has 1 N–H and O–H groups in total. The third-order valence-electron chi connectivity index (χ3n) is 6.04. The number of nitrogens with zero attached hydrogens (tertiary/aromatic N) is 2. The number of pyridine rings is 1. The highest BCUT2D eigenvalue weighted by Crippen LogP contribution is 2.55. The van der Waals surface area contributed by atoms with Gasteiger partial charge in [-0.1, -0.05) is 39.3 Å². The van der Waals surface area contributed by atoms with E-state index in [0.29, 0.717) is 34.7 Å². The summed E-state index contributed by atoms with van der Waals surface area (Å²) >= 11 is 6.14. The molecule has 1 aromatic heterocycles. The molecule has 7 heteroatoms. The summed E-state index contributed by atoms with van der Waals surface area (Å²) in [5, 5.41) is 12.5. The lowest BCUT2D eigenvalue weighted by atomic mass is 9.49. The van der Waals surface area contributed by atoms with E-state index < -0.39 is 0 Å². The van der Waals surface area contributed by atoms with Gasteiger partial charge in [-0.2, -0.15) is 5.26 Å². The molecule has 0 radical (unpaired) electrons. The summed E-state index contributed by atoms with van der Waals surface area (Å²) < 4.78 is 6.25. The Bertz CT molecular complexity index is 1010. The predicted octanol–water partition coefficient (Wildman–Crippen LogP) is 4.35. The van der Waals surface area contributed by atoms with Gasteiger partial charge in [-0.3, -0.25) is 9.78 Å². The summed E-state index contributed by atoms with van der Waals surface area (Å²) in [6, 6.07) is 10.4. The van der Waals surface area contributed by atoms with Gasteiger partial charge >= 0.3 is 0 Å². The first-order chi connectivity index (χ1) is 14.6. The van der Waals surface area contributed by atoms with Crippen LogP contribution in [0.4, 0.5) is 0 Å². The Morgan fingerprint density at radius 3 is 2.52 bits per heavy atom. The van der Waals surface area contributed by atoms with Crippen LogP contribution in [0, 0.1) is 22.2 Å². The molecule has 0 atom stereocenters. The number of halogens is 1. The SMILES string of the molecule is CC1(C)[C@H](NC(=O)c2ccc(CCC=O)nc2)C(C)(C)[C@H]1Oc1ccc(C#N)c(Cl)c1. The molecule has 1 aliphatic carbocycles. The molecule has 0 unspecified atom stereocenters. The Labute approximate surface area is 187 Å². The van der Waals surface area contributed by atoms with E-state index in [0.717, 1.165) is 12.0 Å². The van der Waals surface area contributed by atoms with Crippen LogP contribution in [0.3, 0.4) is 0 Å². The molecule has 0 spiro atoms. The molecule has 31 heavy (non-hydrogen) atoms. The number of aromatic nitrogens is 1. The first kappa shape index (κ1) is 22.8. The highest BCUT2D eigenvalue weighted by molar-refractivity contribution is 6.31. The number of aldehydes is 1. The van der Waals surface area contributed by atoms with Crippen LogP contribution in [0.1, 0.15) is 55.7 Å². The minimum atomic E-state index is -0.336. The van der Waals surface area contributed by atoms with Gasteiger partial charge in [0.05, 0.1) is 16.1 Å². The van der Waals surface area contributed by atoms with Crippen LogP contribution in [0.15, 0.2) is 36.5 Å². The number of benzene rings is 1. The van der Waals surface area contributed by atoms with Gasteiger partial charge in [0.2, 0.25) is 0 Å². The van der Waals surface area contributed by atoms with Crippen LogP contribution < -0.4 is 10.1 Å². The number of rotatable bonds is 7. The molecule has 1 heterocycles. The van der Waals surface area contributed by atoms with E-state index in [1.165, 1.54) is 0 Å². The van der Waals surface area contributed by atoms with Crippen molar-refractivity contribution in [1.29, 1.82) is 5.26 Å². The maximum absolute atomic E-state index is 12.8. The van der Waals surface area contributed by atoms with Crippen LogP contribution in [0.5, 0.6) is 5.75 Å². The molecule has 1 fully saturated rings. The third-order valence-corrected chi connectivity index (χ3v) is 6.35. The Morgan fingerprint density at radius 2 is 1.97 bits per heavy atom. The summed E-state index contributed by atoms with van der Waals surface area (Å²) in [4.78, 5) is 27.6. The number of nitriles is 1. The van der Waals surface area contributed by atoms with Crippen LogP contribution in [-0.2, 0) is 11.2 Å². The number of amides is 1. The smallest absolute Gasteiger partial charge is 0.253 e. The van der Waals surface area contributed by atoms with Gasteiger partial charge in [0.1, 0.15) is 24.2 Å². The Balaban J connectivity index is 1.70. The zero-order valence-electron chi connectivity index (χ0n) is 18.1.